The average molecular weight is 253 g/mol. The number of rotatable bonds is 3. The summed E-state index contributed by atoms with van der Waals surface area (Å²) in [5.74, 6) is -0.130. The van der Waals surface area contributed by atoms with Gasteiger partial charge in [-0.3, -0.25) is 0 Å². The van der Waals surface area contributed by atoms with Gasteiger partial charge in [-0.25, -0.2) is 4.39 Å². The molecule has 0 saturated heterocycles. The van der Waals surface area contributed by atoms with Crippen LogP contribution >= 0.6 is 0 Å². The molecule has 0 heterocycles. The molecule has 1 aliphatic carbocycles. The van der Waals surface area contributed by atoms with E-state index in [1.165, 1.54) is 19.2 Å². The molecule has 18 heavy (non-hydrogen) atoms. The smallest absolute Gasteiger partial charge is 0.134 e. The van der Waals surface area contributed by atoms with Gasteiger partial charge in [-0.1, -0.05) is 19.3 Å². The molecule has 4 heteroatoms. The Morgan fingerprint density at radius 3 is 2.50 bits per heavy atom. The number of aromatic hydroxyl groups is 1. The molecule has 1 aromatic rings. The summed E-state index contributed by atoms with van der Waals surface area (Å²) < 4.78 is 19.2. The topological polar surface area (TPSA) is 55.5 Å². The van der Waals surface area contributed by atoms with Gasteiger partial charge < -0.3 is 15.6 Å². The van der Waals surface area contributed by atoms with E-state index in [2.05, 4.69) is 0 Å². The van der Waals surface area contributed by atoms with E-state index in [9.17, 15) is 9.50 Å². The van der Waals surface area contributed by atoms with Crippen molar-refractivity contribution >= 4 is 0 Å². The fourth-order valence-electron chi connectivity index (χ4n) is 3.00. The summed E-state index contributed by atoms with van der Waals surface area (Å²) in [5.41, 5.74) is 5.82. The van der Waals surface area contributed by atoms with Crippen LogP contribution in [0.2, 0.25) is 0 Å². The van der Waals surface area contributed by atoms with Gasteiger partial charge in [-0.2, -0.15) is 0 Å². The lowest BCUT2D eigenvalue weighted by Gasteiger charge is -2.37. The largest absolute Gasteiger partial charge is 0.507 e. The van der Waals surface area contributed by atoms with Crippen molar-refractivity contribution in [3.63, 3.8) is 0 Å². The van der Waals surface area contributed by atoms with Crippen LogP contribution in [0.15, 0.2) is 12.1 Å². The van der Waals surface area contributed by atoms with E-state index in [-0.39, 0.29) is 5.75 Å². The van der Waals surface area contributed by atoms with E-state index >= 15 is 0 Å². The predicted octanol–water partition coefficient (Wildman–Crippen LogP) is 2.70. The maximum atomic E-state index is 14.2. The normalized spacial score (nSPS) is 18.6. The maximum Gasteiger partial charge on any atom is 0.134 e. The molecule has 0 aliphatic heterocycles. The van der Waals surface area contributed by atoms with Gasteiger partial charge in [0.05, 0.1) is 7.11 Å². The van der Waals surface area contributed by atoms with E-state index in [0.717, 1.165) is 32.1 Å². The van der Waals surface area contributed by atoms with Crippen molar-refractivity contribution in [2.75, 3.05) is 13.7 Å². The summed E-state index contributed by atoms with van der Waals surface area (Å²) in [5, 5.41) is 10.1. The highest BCUT2D eigenvalue weighted by Crippen LogP contribution is 2.44. The summed E-state index contributed by atoms with van der Waals surface area (Å²) in [7, 11) is 1.45. The van der Waals surface area contributed by atoms with E-state index in [0.29, 0.717) is 17.9 Å². The molecular formula is C14H20FNO2. The van der Waals surface area contributed by atoms with Gasteiger partial charge in [-0.05, 0) is 12.8 Å². The van der Waals surface area contributed by atoms with E-state index in [1.54, 1.807) is 0 Å². The van der Waals surface area contributed by atoms with Gasteiger partial charge >= 0.3 is 0 Å². The van der Waals surface area contributed by atoms with Crippen molar-refractivity contribution in [3.05, 3.63) is 23.5 Å². The van der Waals surface area contributed by atoms with Gasteiger partial charge in [0.15, 0.2) is 0 Å². The van der Waals surface area contributed by atoms with Gasteiger partial charge in [0.1, 0.15) is 17.3 Å². The second-order valence-electron chi connectivity index (χ2n) is 5.05. The monoisotopic (exact) mass is 253 g/mol. The van der Waals surface area contributed by atoms with Gasteiger partial charge in [0.25, 0.3) is 0 Å². The Morgan fingerprint density at radius 2 is 2.00 bits per heavy atom. The number of hydrogen-bond donors (Lipinski definition) is 2. The molecule has 0 amide bonds. The molecule has 1 aromatic carbocycles. The first-order chi connectivity index (χ1) is 8.63. The standard InChI is InChI=1S/C14H20FNO2/c1-18-10-7-11(15)13(12(17)8-10)14(9-16)5-3-2-4-6-14/h7-8,17H,2-6,9,16H2,1H3. The lowest BCUT2D eigenvalue weighted by molar-refractivity contribution is 0.279. The molecule has 0 radical (unpaired) electrons. The second-order valence-corrected chi connectivity index (χ2v) is 5.05. The van der Waals surface area contributed by atoms with Crippen LogP contribution in [0.1, 0.15) is 37.7 Å². The molecule has 0 spiro atoms. The van der Waals surface area contributed by atoms with Crippen LogP contribution in [0.4, 0.5) is 4.39 Å². The van der Waals surface area contributed by atoms with Crippen LogP contribution in [-0.4, -0.2) is 18.8 Å². The van der Waals surface area contributed by atoms with E-state index in [4.69, 9.17) is 10.5 Å². The number of methoxy groups -OCH3 is 1. The minimum atomic E-state index is -0.418. The van der Waals surface area contributed by atoms with Crippen LogP contribution in [0.5, 0.6) is 11.5 Å². The molecule has 2 rings (SSSR count). The third kappa shape index (κ3) is 2.17. The van der Waals surface area contributed by atoms with Crippen LogP contribution in [0.25, 0.3) is 0 Å². The summed E-state index contributed by atoms with van der Waals surface area (Å²) in [6.07, 6.45) is 4.88. The highest BCUT2D eigenvalue weighted by Gasteiger charge is 2.37. The number of nitrogens with two attached hydrogens (primary N) is 1. The number of ether oxygens (including phenoxy) is 1. The van der Waals surface area contributed by atoms with Crippen molar-refractivity contribution in [1.82, 2.24) is 0 Å². The third-order valence-corrected chi connectivity index (χ3v) is 4.01. The lowest BCUT2D eigenvalue weighted by Crippen LogP contribution is -2.38. The fourth-order valence-corrected chi connectivity index (χ4v) is 3.00. The van der Waals surface area contributed by atoms with Gasteiger partial charge in [-0.15, -0.1) is 0 Å². The molecule has 1 fully saturated rings. The summed E-state index contributed by atoms with van der Waals surface area (Å²) >= 11 is 0. The Kier molecular flexibility index (Phi) is 3.76. The highest BCUT2D eigenvalue weighted by molar-refractivity contribution is 5.45. The molecule has 0 atom stereocenters. The molecule has 3 N–H and O–H groups in total. The van der Waals surface area contributed by atoms with Crippen molar-refractivity contribution in [3.8, 4) is 11.5 Å². The van der Waals surface area contributed by atoms with Crippen LogP contribution in [-0.2, 0) is 5.41 Å². The quantitative estimate of drug-likeness (QED) is 0.870. The SMILES string of the molecule is COc1cc(O)c(C2(CN)CCCCC2)c(F)c1. The number of halogens is 1. The van der Waals surface area contributed by atoms with E-state index in [1.807, 2.05) is 0 Å². The van der Waals surface area contributed by atoms with Crippen LogP contribution in [0.3, 0.4) is 0 Å². The van der Waals surface area contributed by atoms with Gasteiger partial charge in [0, 0.05) is 29.7 Å². The number of benzene rings is 1. The minimum Gasteiger partial charge on any atom is -0.507 e. The molecule has 1 aliphatic rings. The minimum absolute atomic E-state index is 0.0424. The first kappa shape index (κ1) is 13.1. The van der Waals surface area contributed by atoms with E-state index < -0.39 is 11.2 Å². The molecule has 3 nitrogen and oxygen atoms in total. The van der Waals surface area contributed by atoms with Crippen molar-refractivity contribution in [1.29, 1.82) is 0 Å². The summed E-state index contributed by atoms with van der Waals surface area (Å²) in [6.45, 7) is 0.365. The van der Waals surface area contributed by atoms with Crippen molar-refractivity contribution < 1.29 is 14.2 Å². The molecule has 0 bridgehead atoms. The van der Waals surface area contributed by atoms with Gasteiger partial charge in [0.2, 0.25) is 0 Å². The Labute approximate surface area is 107 Å². The fraction of sp³-hybridized carbons (Fsp3) is 0.571. The predicted molar refractivity (Wildman–Crippen MR) is 68.4 cm³/mol. The lowest BCUT2D eigenvalue weighted by atomic mass is 9.69. The zero-order valence-electron chi connectivity index (χ0n) is 10.7. The summed E-state index contributed by atoms with van der Waals surface area (Å²) in [4.78, 5) is 0. The highest BCUT2D eigenvalue weighted by atomic mass is 19.1. The van der Waals surface area contributed by atoms with Crippen LogP contribution < -0.4 is 10.5 Å². The first-order valence-electron chi connectivity index (χ1n) is 6.40. The number of phenolic OH excluding ortho intramolecular Hbond substituents is 1. The zero-order chi connectivity index (χ0) is 13.2. The molecule has 1 saturated carbocycles. The maximum absolute atomic E-state index is 14.2. The molecule has 0 unspecified atom stereocenters. The Hall–Kier alpha value is -1.29. The molecular weight excluding hydrogens is 233 g/mol. The van der Waals surface area contributed by atoms with Crippen molar-refractivity contribution in [2.24, 2.45) is 5.73 Å². The second kappa shape index (κ2) is 5.14. The molecule has 100 valence electrons. The van der Waals surface area contributed by atoms with Crippen LogP contribution in [0, 0.1) is 5.82 Å². The Bertz CT molecular complexity index is 405. The number of phenols is 1. The van der Waals surface area contributed by atoms with Crippen molar-refractivity contribution in [2.45, 2.75) is 37.5 Å². The third-order valence-electron chi connectivity index (χ3n) is 4.01. The zero-order valence-corrected chi connectivity index (χ0v) is 10.7. The first-order valence-corrected chi connectivity index (χ1v) is 6.40. The number of hydrogen-bond acceptors (Lipinski definition) is 3. The Balaban J connectivity index is 2.48. The molecule has 0 aromatic heterocycles. The Morgan fingerprint density at radius 1 is 1.33 bits per heavy atom. The average Bonchev–Trinajstić information content (AvgIpc) is 2.38. The summed E-state index contributed by atoms with van der Waals surface area (Å²) in [6, 6.07) is 2.78.